The maximum atomic E-state index is 12.6. The lowest BCUT2D eigenvalue weighted by Gasteiger charge is -2.34. The highest BCUT2D eigenvalue weighted by atomic mass is 16.5. The minimum Gasteiger partial charge on any atom is -0.496 e. The van der Waals surface area contributed by atoms with E-state index in [4.69, 9.17) is 10.5 Å². The average Bonchev–Trinajstić information content (AvgIpc) is 2.53. The third kappa shape index (κ3) is 3.42. The number of nitrogens with two attached hydrogens (primary N) is 1. The predicted octanol–water partition coefficient (Wildman–Crippen LogP) is 1.46. The Labute approximate surface area is 125 Å². The van der Waals surface area contributed by atoms with E-state index < -0.39 is 0 Å². The topological polar surface area (TPSA) is 72.6 Å². The molecule has 0 spiro atoms. The Bertz CT molecular complexity index is 522. The van der Waals surface area contributed by atoms with Gasteiger partial charge in [-0.3, -0.25) is 14.5 Å². The van der Waals surface area contributed by atoms with Gasteiger partial charge in [-0.1, -0.05) is 12.1 Å². The molecule has 1 fully saturated rings. The van der Waals surface area contributed by atoms with Crippen molar-refractivity contribution in [2.45, 2.75) is 25.8 Å². The van der Waals surface area contributed by atoms with Crippen molar-refractivity contribution in [2.24, 2.45) is 11.7 Å². The molecule has 1 aromatic carbocycles. The summed E-state index contributed by atoms with van der Waals surface area (Å²) in [6, 6.07) is 7.03. The van der Waals surface area contributed by atoms with Crippen LogP contribution in [0, 0.1) is 5.92 Å². The zero-order valence-corrected chi connectivity index (χ0v) is 12.5. The molecule has 1 atom stereocenters. The summed E-state index contributed by atoms with van der Waals surface area (Å²) in [6.07, 6.45) is 1.44. The van der Waals surface area contributed by atoms with Crippen molar-refractivity contribution >= 4 is 11.7 Å². The Morgan fingerprint density at radius 1 is 1.29 bits per heavy atom. The van der Waals surface area contributed by atoms with Gasteiger partial charge >= 0.3 is 0 Å². The number of ether oxygens (including phenoxy) is 1. The van der Waals surface area contributed by atoms with Gasteiger partial charge < -0.3 is 10.5 Å². The van der Waals surface area contributed by atoms with Crippen LogP contribution in [0.3, 0.4) is 0 Å². The highest BCUT2D eigenvalue weighted by Gasteiger charge is 2.30. The molecule has 21 heavy (non-hydrogen) atoms. The van der Waals surface area contributed by atoms with Gasteiger partial charge in [-0.15, -0.1) is 0 Å². The van der Waals surface area contributed by atoms with E-state index >= 15 is 0 Å². The molecule has 0 radical (unpaired) electrons. The number of amides is 1. The van der Waals surface area contributed by atoms with Crippen molar-refractivity contribution < 1.29 is 14.3 Å². The zero-order chi connectivity index (χ0) is 15.4. The summed E-state index contributed by atoms with van der Waals surface area (Å²) in [5, 5.41) is 0. The van der Waals surface area contributed by atoms with Crippen LogP contribution >= 0.6 is 0 Å². The molecule has 0 bridgehead atoms. The first-order valence-electron chi connectivity index (χ1n) is 7.25. The molecule has 1 heterocycles. The van der Waals surface area contributed by atoms with E-state index in [1.54, 1.807) is 19.2 Å². The number of likely N-dealkylation sites (tertiary alicyclic amines) is 1. The highest BCUT2D eigenvalue weighted by molar-refractivity contribution is 6.02. The molecule has 2 N–H and O–H groups in total. The summed E-state index contributed by atoms with van der Waals surface area (Å²) >= 11 is 0. The number of para-hydroxylation sites is 1. The van der Waals surface area contributed by atoms with E-state index in [-0.39, 0.29) is 23.7 Å². The van der Waals surface area contributed by atoms with E-state index in [2.05, 4.69) is 4.90 Å². The fourth-order valence-electron chi connectivity index (χ4n) is 2.81. The Morgan fingerprint density at radius 2 is 1.90 bits per heavy atom. The Balaban J connectivity index is 2.05. The van der Waals surface area contributed by atoms with Gasteiger partial charge in [0.15, 0.2) is 5.78 Å². The number of hydrogen-bond donors (Lipinski definition) is 1. The van der Waals surface area contributed by atoms with E-state index in [1.165, 1.54) is 0 Å². The smallest absolute Gasteiger partial charge is 0.220 e. The molecule has 0 aromatic heterocycles. The van der Waals surface area contributed by atoms with Crippen LogP contribution in [0.5, 0.6) is 5.75 Å². The Morgan fingerprint density at radius 3 is 2.48 bits per heavy atom. The maximum Gasteiger partial charge on any atom is 0.220 e. The highest BCUT2D eigenvalue weighted by Crippen LogP contribution is 2.23. The lowest BCUT2D eigenvalue weighted by Crippen LogP contribution is -2.46. The largest absolute Gasteiger partial charge is 0.496 e. The number of methoxy groups -OCH3 is 1. The Kier molecular flexibility index (Phi) is 4.96. The number of carbonyl (C=O) groups excluding carboxylic acids is 2. The first kappa shape index (κ1) is 15.5. The minimum absolute atomic E-state index is 0.0463. The summed E-state index contributed by atoms with van der Waals surface area (Å²) in [5.74, 6) is 0.347. The zero-order valence-electron chi connectivity index (χ0n) is 12.5. The number of nitrogens with zero attached hydrogens (tertiary/aromatic N) is 1. The second-order valence-corrected chi connectivity index (χ2v) is 5.45. The molecule has 1 saturated heterocycles. The van der Waals surface area contributed by atoms with Crippen LogP contribution < -0.4 is 10.5 Å². The van der Waals surface area contributed by atoms with Gasteiger partial charge in [-0.2, -0.15) is 0 Å². The van der Waals surface area contributed by atoms with Crippen molar-refractivity contribution in [3.8, 4) is 5.75 Å². The summed E-state index contributed by atoms with van der Waals surface area (Å²) in [7, 11) is 1.56. The van der Waals surface area contributed by atoms with Crippen molar-refractivity contribution in [1.82, 2.24) is 4.90 Å². The van der Waals surface area contributed by atoms with Crippen LogP contribution in [0.25, 0.3) is 0 Å². The SMILES string of the molecule is COc1ccccc1C(=O)C(C)N1CCC(C(N)=O)CC1. The lowest BCUT2D eigenvalue weighted by molar-refractivity contribution is -0.123. The van der Waals surface area contributed by atoms with Crippen LogP contribution in [-0.4, -0.2) is 42.8 Å². The number of primary amides is 1. The van der Waals surface area contributed by atoms with Crippen LogP contribution in [0.15, 0.2) is 24.3 Å². The first-order valence-corrected chi connectivity index (χ1v) is 7.25. The van der Waals surface area contributed by atoms with E-state index in [9.17, 15) is 9.59 Å². The average molecular weight is 290 g/mol. The van der Waals surface area contributed by atoms with Gasteiger partial charge in [0, 0.05) is 5.92 Å². The van der Waals surface area contributed by atoms with Gasteiger partial charge in [0.25, 0.3) is 0 Å². The van der Waals surface area contributed by atoms with E-state index in [1.807, 2.05) is 19.1 Å². The van der Waals surface area contributed by atoms with Crippen molar-refractivity contribution in [3.63, 3.8) is 0 Å². The number of Topliss-reactive ketones (excluding diaryl/α,β-unsaturated/α-hetero) is 1. The number of benzene rings is 1. The summed E-state index contributed by atoms with van der Waals surface area (Å²) < 4.78 is 5.25. The quantitative estimate of drug-likeness (QED) is 0.833. The molecule has 1 aliphatic heterocycles. The molecule has 1 unspecified atom stereocenters. The van der Waals surface area contributed by atoms with Gasteiger partial charge in [0.2, 0.25) is 5.91 Å². The van der Waals surface area contributed by atoms with Gasteiger partial charge in [0.1, 0.15) is 5.75 Å². The number of ketones is 1. The van der Waals surface area contributed by atoms with Crippen molar-refractivity contribution in [3.05, 3.63) is 29.8 Å². The van der Waals surface area contributed by atoms with Crippen molar-refractivity contribution in [1.29, 1.82) is 0 Å². The molecule has 2 rings (SSSR count). The standard InChI is InChI=1S/C16H22N2O3/c1-11(18-9-7-12(8-10-18)16(17)20)15(19)13-5-3-4-6-14(13)21-2/h3-6,11-12H,7-10H2,1-2H3,(H2,17,20). The molecule has 0 saturated carbocycles. The predicted molar refractivity (Wildman–Crippen MR) is 80.3 cm³/mol. The van der Waals surface area contributed by atoms with E-state index in [0.717, 1.165) is 25.9 Å². The number of carbonyl (C=O) groups is 2. The molecular weight excluding hydrogens is 268 g/mol. The minimum atomic E-state index is -0.238. The Hall–Kier alpha value is -1.88. The third-order valence-corrected chi connectivity index (χ3v) is 4.23. The van der Waals surface area contributed by atoms with Gasteiger partial charge in [-0.25, -0.2) is 0 Å². The molecule has 1 amide bonds. The summed E-state index contributed by atoms with van der Waals surface area (Å²) in [5.41, 5.74) is 5.94. The fraction of sp³-hybridized carbons (Fsp3) is 0.500. The summed E-state index contributed by atoms with van der Waals surface area (Å²) in [4.78, 5) is 25.9. The lowest BCUT2D eigenvalue weighted by atomic mass is 9.94. The fourth-order valence-corrected chi connectivity index (χ4v) is 2.81. The molecule has 0 aliphatic carbocycles. The van der Waals surface area contributed by atoms with Crippen molar-refractivity contribution in [2.75, 3.05) is 20.2 Å². The third-order valence-electron chi connectivity index (χ3n) is 4.23. The van der Waals surface area contributed by atoms with Crippen LogP contribution in [0.4, 0.5) is 0 Å². The molecule has 1 aliphatic rings. The molecular formula is C16H22N2O3. The van der Waals surface area contributed by atoms with Crippen LogP contribution in [-0.2, 0) is 4.79 Å². The molecule has 1 aromatic rings. The van der Waals surface area contributed by atoms with Crippen LogP contribution in [0.2, 0.25) is 0 Å². The van der Waals surface area contributed by atoms with E-state index in [0.29, 0.717) is 11.3 Å². The molecule has 114 valence electrons. The van der Waals surface area contributed by atoms with Gasteiger partial charge in [0.05, 0.1) is 18.7 Å². The number of hydrogen-bond acceptors (Lipinski definition) is 4. The molecule has 5 nitrogen and oxygen atoms in total. The normalized spacial score (nSPS) is 18.2. The number of rotatable bonds is 5. The summed E-state index contributed by atoms with van der Waals surface area (Å²) in [6.45, 7) is 3.34. The maximum absolute atomic E-state index is 12.6. The second kappa shape index (κ2) is 6.72. The monoisotopic (exact) mass is 290 g/mol. The first-order chi connectivity index (χ1) is 10.0. The number of piperidine rings is 1. The molecule has 5 heteroatoms. The van der Waals surface area contributed by atoms with Crippen LogP contribution in [0.1, 0.15) is 30.1 Å². The second-order valence-electron chi connectivity index (χ2n) is 5.45. The van der Waals surface area contributed by atoms with Gasteiger partial charge in [-0.05, 0) is 45.0 Å².